The predicted molar refractivity (Wildman–Crippen MR) is 127 cm³/mol. The van der Waals surface area contributed by atoms with Gasteiger partial charge in [0, 0.05) is 11.6 Å². The van der Waals surface area contributed by atoms with Crippen LogP contribution in [0.2, 0.25) is 0 Å². The number of para-hydroxylation sites is 1. The number of nitrogens with zero attached hydrogens (tertiary/aromatic N) is 2. The van der Waals surface area contributed by atoms with Gasteiger partial charge in [0.05, 0.1) is 24.8 Å². The van der Waals surface area contributed by atoms with Gasteiger partial charge in [-0.25, -0.2) is 4.99 Å². The standard InChI is InChI=1S/C25H28N2O3S/c1-17-12-14-19(15-13-17)26-25-27(20-9-5-4-6-10-20)24(28)22(31-25)16-18-8-7-11-21(29-2)23(18)30-3/h7-8,11-16,20H,4-6,9-10H2,1-3H3/b22-16+,26-25?. The van der Waals surface area contributed by atoms with E-state index in [2.05, 4.69) is 6.92 Å². The largest absolute Gasteiger partial charge is 0.493 e. The molecule has 2 aromatic carbocycles. The lowest BCUT2D eigenvalue weighted by atomic mass is 9.94. The van der Waals surface area contributed by atoms with Crippen molar-refractivity contribution in [2.24, 2.45) is 4.99 Å². The van der Waals surface area contributed by atoms with Crippen LogP contribution in [0.1, 0.15) is 43.2 Å². The van der Waals surface area contributed by atoms with Crippen molar-refractivity contribution in [2.75, 3.05) is 14.2 Å². The average molecular weight is 437 g/mol. The zero-order chi connectivity index (χ0) is 21.8. The molecular formula is C25H28N2O3S. The second-order valence-corrected chi connectivity index (χ2v) is 8.90. The number of amides is 1. The third kappa shape index (κ3) is 4.64. The number of methoxy groups -OCH3 is 2. The first-order chi connectivity index (χ1) is 15.1. The van der Waals surface area contributed by atoms with Crippen molar-refractivity contribution in [3.8, 4) is 11.5 Å². The van der Waals surface area contributed by atoms with E-state index in [1.54, 1.807) is 14.2 Å². The molecule has 6 heteroatoms. The number of hydrogen-bond acceptors (Lipinski definition) is 5. The molecule has 4 rings (SSSR count). The predicted octanol–water partition coefficient (Wildman–Crippen LogP) is 5.95. The van der Waals surface area contributed by atoms with Crippen molar-refractivity contribution >= 4 is 34.6 Å². The van der Waals surface area contributed by atoms with Crippen molar-refractivity contribution in [1.29, 1.82) is 0 Å². The average Bonchev–Trinajstić information content (AvgIpc) is 3.10. The van der Waals surface area contributed by atoms with Gasteiger partial charge < -0.3 is 9.47 Å². The lowest BCUT2D eigenvalue weighted by molar-refractivity contribution is -0.124. The van der Waals surface area contributed by atoms with Gasteiger partial charge in [-0.15, -0.1) is 0 Å². The second kappa shape index (κ2) is 9.60. The van der Waals surface area contributed by atoms with Gasteiger partial charge in [-0.05, 0) is 55.8 Å². The van der Waals surface area contributed by atoms with E-state index in [-0.39, 0.29) is 11.9 Å². The number of rotatable bonds is 5. The summed E-state index contributed by atoms with van der Waals surface area (Å²) in [5.41, 5.74) is 2.87. The van der Waals surface area contributed by atoms with Crippen molar-refractivity contribution in [3.05, 3.63) is 58.5 Å². The van der Waals surface area contributed by atoms with E-state index < -0.39 is 0 Å². The molecule has 162 valence electrons. The molecule has 1 saturated carbocycles. The van der Waals surface area contributed by atoms with Gasteiger partial charge in [0.25, 0.3) is 5.91 Å². The Kier molecular flexibility index (Phi) is 6.66. The first-order valence-electron chi connectivity index (χ1n) is 10.7. The Hall–Kier alpha value is -2.73. The Morgan fingerprint density at radius 1 is 1.03 bits per heavy atom. The first kappa shape index (κ1) is 21.5. The number of carbonyl (C=O) groups excluding carboxylic acids is 1. The lowest BCUT2D eigenvalue weighted by Crippen LogP contribution is -2.40. The van der Waals surface area contributed by atoms with Gasteiger partial charge in [-0.2, -0.15) is 0 Å². The van der Waals surface area contributed by atoms with Gasteiger partial charge in [0.1, 0.15) is 0 Å². The number of ether oxygens (including phenoxy) is 2. The molecule has 0 bridgehead atoms. The minimum absolute atomic E-state index is 0.0210. The molecule has 1 heterocycles. The summed E-state index contributed by atoms with van der Waals surface area (Å²) in [6.07, 6.45) is 7.48. The van der Waals surface area contributed by atoms with Gasteiger partial charge in [-0.1, -0.05) is 49.1 Å². The maximum atomic E-state index is 13.5. The molecule has 0 unspecified atom stereocenters. The summed E-state index contributed by atoms with van der Waals surface area (Å²) in [5, 5.41) is 0.758. The number of benzene rings is 2. The molecule has 0 atom stereocenters. The van der Waals surface area contributed by atoms with Crippen LogP contribution >= 0.6 is 11.8 Å². The van der Waals surface area contributed by atoms with Gasteiger partial charge in [0.2, 0.25) is 0 Å². The summed E-state index contributed by atoms with van der Waals surface area (Å²) in [7, 11) is 3.23. The van der Waals surface area contributed by atoms with E-state index in [0.717, 1.165) is 42.1 Å². The zero-order valence-corrected chi connectivity index (χ0v) is 19.1. The highest BCUT2D eigenvalue weighted by atomic mass is 32.2. The topological polar surface area (TPSA) is 51.1 Å². The number of hydrogen-bond donors (Lipinski definition) is 0. The molecule has 1 amide bonds. The Balaban J connectivity index is 1.73. The lowest BCUT2D eigenvalue weighted by Gasteiger charge is -2.30. The number of amidine groups is 1. The summed E-state index contributed by atoms with van der Waals surface area (Å²) in [4.78, 5) is 20.9. The van der Waals surface area contributed by atoms with Crippen LogP contribution in [-0.4, -0.2) is 36.2 Å². The van der Waals surface area contributed by atoms with E-state index in [1.165, 1.54) is 23.7 Å². The zero-order valence-electron chi connectivity index (χ0n) is 18.3. The molecule has 1 aliphatic heterocycles. The van der Waals surface area contributed by atoms with Crippen LogP contribution in [0, 0.1) is 6.92 Å². The Labute approximate surface area is 188 Å². The Morgan fingerprint density at radius 3 is 2.45 bits per heavy atom. The quantitative estimate of drug-likeness (QED) is 0.544. The molecule has 31 heavy (non-hydrogen) atoms. The summed E-state index contributed by atoms with van der Waals surface area (Å²) in [5.74, 6) is 1.29. The van der Waals surface area contributed by atoms with Gasteiger partial charge >= 0.3 is 0 Å². The molecule has 0 N–H and O–H groups in total. The third-order valence-electron chi connectivity index (χ3n) is 5.76. The first-order valence-corrected chi connectivity index (χ1v) is 11.5. The second-order valence-electron chi connectivity index (χ2n) is 7.89. The molecule has 1 saturated heterocycles. The van der Waals surface area contributed by atoms with Crippen LogP contribution in [0.3, 0.4) is 0 Å². The van der Waals surface area contributed by atoms with E-state index in [4.69, 9.17) is 14.5 Å². The minimum Gasteiger partial charge on any atom is -0.493 e. The van der Waals surface area contributed by atoms with Crippen molar-refractivity contribution in [1.82, 2.24) is 4.90 Å². The van der Waals surface area contributed by atoms with E-state index in [0.29, 0.717) is 16.4 Å². The SMILES string of the molecule is COc1cccc(/C=C2/SC(=Nc3ccc(C)cc3)N(C3CCCCC3)C2=O)c1OC. The van der Waals surface area contributed by atoms with E-state index in [1.807, 2.05) is 53.4 Å². The molecule has 2 fully saturated rings. The van der Waals surface area contributed by atoms with Crippen molar-refractivity contribution < 1.29 is 14.3 Å². The summed E-state index contributed by atoms with van der Waals surface area (Å²) >= 11 is 1.44. The van der Waals surface area contributed by atoms with Gasteiger partial charge in [-0.3, -0.25) is 9.69 Å². The highest BCUT2D eigenvalue weighted by Crippen LogP contribution is 2.40. The maximum Gasteiger partial charge on any atom is 0.267 e. The third-order valence-corrected chi connectivity index (χ3v) is 6.74. The van der Waals surface area contributed by atoms with Crippen LogP contribution in [0.5, 0.6) is 11.5 Å². The summed E-state index contributed by atoms with van der Waals surface area (Å²) < 4.78 is 11.0. The summed E-state index contributed by atoms with van der Waals surface area (Å²) in [6, 6.07) is 14.0. The molecule has 0 aromatic heterocycles. The number of carbonyl (C=O) groups is 1. The smallest absolute Gasteiger partial charge is 0.267 e. The molecule has 0 spiro atoms. The van der Waals surface area contributed by atoms with Crippen LogP contribution in [0.15, 0.2) is 52.4 Å². The van der Waals surface area contributed by atoms with E-state index in [9.17, 15) is 4.79 Å². The minimum atomic E-state index is 0.0210. The fourth-order valence-corrected chi connectivity index (χ4v) is 5.17. The molecule has 0 radical (unpaired) electrons. The molecule has 2 aromatic rings. The fraction of sp³-hybridized carbons (Fsp3) is 0.360. The van der Waals surface area contributed by atoms with Crippen molar-refractivity contribution in [2.45, 2.75) is 45.1 Å². The molecule has 1 aliphatic carbocycles. The maximum absolute atomic E-state index is 13.5. The van der Waals surface area contributed by atoms with Crippen LogP contribution in [-0.2, 0) is 4.79 Å². The normalized spacial score (nSPS) is 20.0. The van der Waals surface area contributed by atoms with Crippen LogP contribution in [0.25, 0.3) is 6.08 Å². The fourth-order valence-electron chi connectivity index (χ4n) is 4.12. The number of aryl methyl sites for hydroxylation is 1. The molecular weight excluding hydrogens is 408 g/mol. The van der Waals surface area contributed by atoms with Gasteiger partial charge in [0.15, 0.2) is 16.7 Å². The van der Waals surface area contributed by atoms with Crippen LogP contribution < -0.4 is 9.47 Å². The molecule has 5 nitrogen and oxygen atoms in total. The summed E-state index contributed by atoms with van der Waals surface area (Å²) in [6.45, 7) is 2.06. The molecule has 2 aliphatic rings. The Bertz CT molecular complexity index is 1010. The van der Waals surface area contributed by atoms with Crippen molar-refractivity contribution in [3.63, 3.8) is 0 Å². The number of aliphatic imine (C=N–C) groups is 1. The highest BCUT2D eigenvalue weighted by Gasteiger charge is 2.38. The Morgan fingerprint density at radius 2 is 1.77 bits per heavy atom. The highest BCUT2D eigenvalue weighted by molar-refractivity contribution is 8.18. The number of thioether (sulfide) groups is 1. The monoisotopic (exact) mass is 436 g/mol. The van der Waals surface area contributed by atoms with E-state index >= 15 is 0 Å². The van der Waals surface area contributed by atoms with Crippen LogP contribution in [0.4, 0.5) is 5.69 Å².